The lowest BCUT2D eigenvalue weighted by Gasteiger charge is -2.10. The Bertz CT molecular complexity index is 506. The Kier molecular flexibility index (Phi) is 2.93. The average molecular weight is 303 g/mol. The average Bonchev–Trinajstić information content (AvgIpc) is 2.73. The SMILES string of the molecule is COc1c(Br)cc2c(c1C(=O)C(=O)O)OCO2. The van der Waals surface area contributed by atoms with Crippen LogP contribution in [-0.4, -0.2) is 30.8 Å². The zero-order valence-corrected chi connectivity index (χ0v) is 10.2. The lowest BCUT2D eigenvalue weighted by atomic mass is 10.1. The van der Waals surface area contributed by atoms with Crippen molar-refractivity contribution < 1.29 is 28.9 Å². The van der Waals surface area contributed by atoms with Crippen molar-refractivity contribution in [2.24, 2.45) is 0 Å². The Morgan fingerprint density at radius 1 is 1.47 bits per heavy atom. The molecular formula is C10H7BrO6. The number of carbonyl (C=O) groups excluding carboxylic acids is 1. The highest BCUT2D eigenvalue weighted by molar-refractivity contribution is 9.10. The molecule has 7 heteroatoms. The van der Waals surface area contributed by atoms with Crippen molar-refractivity contribution in [3.05, 3.63) is 16.1 Å². The maximum atomic E-state index is 11.6. The predicted molar refractivity (Wildman–Crippen MR) is 58.8 cm³/mol. The standard InChI is InChI=1S/C10H7BrO6/c1-15-8-4(11)2-5-9(17-3-16-5)6(8)7(12)10(13)14/h2H,3H2,1H3,(H,13,14). The van der Waals surface area contributed by atoms with Crippen molar-refractivity contribution in [1.29, 1.82) is 0 Å². The van der Waals surface area contributed by atoms with Crippen LogP contribution in [0.2, 0.25) is 0 Å². The van der Waals surface area contributed by atoms with Gasteiger partial charge in [-0.3, -0.25) is 4.79 Å². The Hall–Kier alpha value is -1.76. The molecule has 2 rings (SSSR count). The second-order valence-electron chi connectivity index (χ2n) is 3.13. The molecule has 0 saturated carbocycles. The number of carboxylic acid groups (broad SMARTS) is 1. The first-order valence-corrected chi connectivity index (χ1v) is 5.29. The Balaban J connectivity index is 2.70. The number of halogens is 1. The predicted octanol–water partition coefficient (Wildman–Crippen LogP) is 1.45. The van der Waals surface area contributed by atoms with E-state index in [1.807, 2.05) is 0 Å². The van der Waals surface area contributed by atoms with E-state index in [9.17, 15) is 9.59 Å². The lowest BCUT2D eigenvalue weighted by Crippen LogP contribution is -2.15. The van der Waals surface area contributed by atoms with Gasteiger partial charge < -0.3 is 19.3 Å². The third-order valence-electron chi connectivity index (χ3n) is 2.20. The molecule has 0 aliphatic carbocycles. The summed E-state index contributed by atoms with van der Waals surface area (Å²) in [4.78, 5) is 22.4. The summed E-state index contributed by atoms with van der Waals surface area (Å²) >= 11 is 3.17. The first-order chi connectivity index (χ1) is 8.06. The fourth-order valence-corrected chi connectivity index (χ4v) is 2.08. The van der Waals surface area contributed by atoms with Crippen LogP contribution in [-0.2, 0) is 4.79 Å². The molecule has 0 saturated heterocycles. The van der Waals surface area contributed by atoms with Gasteiger partial charge in [-0.05, 0) is 15.9 Å². The minimum atomic E-state index is -1.58. The summed E-state index contributed by atoms with van der Waals surface area (Å²) in [5.41, 5.74) is -0.151. The molecule has 1 aliphatic rings. The van der Waals surface area contributed by atoms with Crippen molar-refractivity contribution in [3.8, 4) is 17.2 Å². The van der Waals surface area contributed by atoms with Crippen LogP contribution in [0.5, 0.6) is 17.2 Å². The van der Waals surface area contributed by atoms with Crippen LogP contribution in [0, 0.1) is 0 Å². The fraction of sp³-hybridized carbons (Fsp3) is 0.200. The number of methoxy groups -OCH3 is 1. The summed E-state index contributed by atoms with van der Waals surface area (Å²) in [5, 5.41) is 8.76. The van der Waals surface area contributed by atoms with Crippen LogP contribution >= 0.6 is 15.9 Å². The Labute approximate surface area is 104 Å². The molecule has 0 amide bonds. The number of hydrogen-bond acceptors (Lipinski definition) is 5. The molecule has 6 nitrogen and oxygen atoms in total. The Morgan fingerprint density at radius 3 is 2.76 bits per heavy atom. The molecule has 1 aromatic carbocycles. The summed E-state index contributed by atoms with van der Waals surface area (Å²) in [6.07, 6.45) is 0. The van der Waals surface area contributed by atoms with Crippen LogP contribution < -0.4 is 14.2 Å². The number of ether oxygens (including phenoxy) is 3. The van der Waals surface area contributed by atoms with Crippen molar-refractivity contribution in [1.82, 2.24) is 0 Å². The second kappa shape index (κ2) is 4.25. The van der Waals surface area contributed by atoms with Crippen LogP contribution in [0.15, 0.2) is 10.5 Å². The van der Waals surface area contributed by atoms with E-state index >= 15 is 0 Å². The van der Waals surface area contributed by atoms with Crippen molar-refractivity contribution >= 4 is 27.7 Å². The smallest absolute Gasteiger partial charge is 0.377 e. The van der Waals surface area contributed by atoms with Gasteiger partial charge >= 0.3 is 5.97 Å². The zero-order chi connectivity index (χ0) is 12.6. The number of hydrogen-bond donors (Lipinski definition) is 1. The van der Waals surface area contributed by atoms with Crippen LogP contribution in [0.3, 0.4) is 0 Å². The molecule has 1 aromatic rings. The maximum Gasteiger partial charge on any atom is 0.377 e. The number of Topliss-reactive ketones (excluding diaryl/α,β-unsaturated/α-hetero) is 1. The summed E-state index contributed by atoms with van der Waals surface area (Å²) in [5.74, 6) is -2.18. The molecule has 1 N–H and O–H groups in total. The monoisotopic (exact) mass is 302 g/mol. The normalized spacial score (nSPS) is 12.4. The lowest BCUT2D eigenvalue weighted by molar-refractivity contribution is -0.131. The van der Waals surface area contributed by atoms with Crippen LogP contribution in [0.1, 0.15) is 10.4 Å². The van der Waals surface area contributed by atoms with E-state index in [0.29, 0.717) is 10.2 Å². The van der Waals surface area contributed by atoms with E-state index in [1.54, 1.807) is 6.07 Å². The molecule has 0 fully saturated rings. The molecule has 90 valence electrons. The van der Waals surface area contributed by atoms with E-state index in [0.717, 1.165) is 0 Å². The highest BCUT2D eigenvalue weighted by atomic mass is 79.9. The van der Waals surface area contributed by atoms with Gasteiger partial charge in [-0.25, -0.2) is 4.79 Å². The summed E-state index contributed by atoms with van der Waals surface area (Å²) in [6.45, 7) is -0.0607. The zero-order valence-electron chi connectivity index (χ0n) is 8.65. The molecule has 0 bridgehead atoms. The number of carbonyl (C=O) groups is 2. The third kappa shape index (κ3) is 1.82. The number of benzene rings is 1. The molecular weight excluding hydrogens is 296 g/mol. The van der Waals surface area contributed by atoms with E-state index in [2.05, 4.69) is 15.9 Å². The first kappa shape index (κ1) is 11.7. The second-order valence-corrected chi connectivity index (χ2v) is 3.99. The van der Waals surface area contributed by atoms with Gasteiger partial charge in [0.1, 0.15) is 11.3 Å². The van der Waals surface area contributed by atoms with Crippen molar-refractivity contribution in [2.75, 3.05) is 13.9 Å². The van der Waals surface area contributed by atoms with Gasteiger partial charge in [-0.15, -0.1) is 0 Å². The van der Waals surface area contributed by atoms with Crippen molar-refractivity contribution in [3.63, 3.8) is 0 Å². The van der Waals surface area contributed by atoms with Gasteiger partial charge in [0.25, 0.3) is 5.78 Å². The third-order valence-corrected chi connectivity index (χ3v) is 2.78. The summed E-state index contributed by atoms with van der Waals surface area (Å²) < 4.78 is 15.6. The molecule has 1 heterocycles. The van der Waals surface area contributed by atoms with E-state index in [-0.39, 0.29) is 23.9 Å². The molecule has 0 radical (unpaired) electrons. The number of ketones is 1. The summed E-state index contributed by atoms with van der Waals surface area (Å²) in [7, 11) is 1.33. The summed E-state index contributed by atoms with van der Waals surface area (Å²) in [6, 6.07) is 1.56. The molecule has 0 spiro atoms. The van der Waals surface area contributed by atoms with Crippen LogP contribution in [0.25, 0.3) is 0 Å². The van der Waals surface area contributed by atoms with E-state index < -0.39 is 11.8 Å². The molecule has 0 atom stereocenters. The quantitative estimate of drug-likeness (QED) is 0.672. The minimum absolute atomic E-state index is 0.0607. The minimum Gasteiger partial charge on any atom is -0.495 e. The number of aliphatic carboxylic acids is 1. The van der Waals surface area contributed by atoms with Gasteiger partial charge in [0.05, 0.1) is 11.6 Å². The highest BCUT2D eigenvalue weighted by Gasteiger charge is 2.31. The maximum absolute atomic E-state index is 11.6. The van der Waals surface area contributed by atoms with Gasteiger partial charge in [0, 0.05) is 6.07 Å². The van der Waals surface area contributed by atoms with E-state index in [4.69, 9.17) is 19.3 Å². The largest absolute Gasteiger partial charge is 0.495 e. The first-order valence-electron chi connectivity index (χ1n) is 4.50. The van der Waals surface area contributed by atoms with E-state index in [1.165, 1.54) is 7.11 Å². The molecule has 0 unspecified atom stereocenters. The molecule has 0 aromatic heterocycles. The Morgan fingerprint density at radius 2 is 2.18 bits per heavy atom. The van der Waals surface area contributed by atoms with Gasteiger partial charge in [-0.1, -0.05) is 0 Å². The van der Waals surface area contributed by atoms with Gasteiger partial charge in [0.2, 0.25) is 6.79 Å². The van der Waals surface area contributed by atoms with Gasteiger partial charge in [0.15, 0.2) is 11.5 Å². The number of rotatable bonds is 3. The number of carboxylic acids is 1. The van der Waals surface area contributed by atoms with Crippen molar-refractivity contribution in [2.45, 2.75) is 0 Å². The van der Waals surface area contributed by atoms with Gasteiger partial charge in [-0.2, -0.15) is 0 Å². The topological polar surface area (TPSA) is 82.1 Å². The van der Waals surface area contributed by atoms with Crippen LogP contribution in [0.4, 0.5) is 0 Å². The molecule has 1 aliphatic heterocycles. The molecule has 17 heavy (non-hydrogen) atoms. The highest BCUT2D eigenvalue weighted by Crippen LogP contribution is 2.45. The number of fused-ring (bicyclic) bond motifs is 1. The fourth-order valence-electron chi connectivity index (χ4n) is 1.51.